The lowest BCUT2D eigenvalue weighted by atomic mass is 9.98. The van der Waals surface area contributed by atoms with E-state index >= 15 is 0 Å². The zero-order valence-electron chi connectivity index (χ0n) is 7.06. The topological polar surface area (TPSA) is 20.2 Å². The van der Waals surface area contributed by atoms with E-state index < -0.39 is 12.5 Å². The van der Waals surface area contributed by atoms with Crippen LogP contribution in [0.15, 0.2) is 0 Å². The van der Waals surface area contributed by atoms with Crippen molar-refractivity contribution in [2.24, 2.45) is 5.92 Å². The van der Waals surface area contributed by atoms with E-state index in [-0.39, 0.29) is 5.92 Å². The van der Waals surface area contributed by atoms with Crippen LogP contribution in [0, 0.1) is 5.92 Å². The average Bonchev–Trinajstić information content (AvgIpc) is 1.98. The van der Waals surface area contributed by atoms with Gasteiger partial charge in [0.2, 0.25) is 0 Å². The van der Waals surface area contributed by atoms with Crippen LogP contribution in [-0.4, -0.2) is 17.6 Å². The molecule has 0 aliphatic carbocycles. The van der Waals surface area contributed by atoms with E-state index in [9.17, 15) is 8.78 Å². The Labute approximate surface area is 66.4 Å². The molecule has 0 aromatic carbocycles. The maximum atomic E-state index is 11.9. The Morgan fingerprint density at radius 2 is 1.91 bits per heavy atom. The molecule has 3 heteroatoms. The Hall–Kier alpha value is -0.180. The fourth-order valence-electron chi connectivity index (χ4n) is 0.945. The van der Waals surface area contributed by atoms with Gasteiger partial charge in [-0.1, -0.05) is 26.7 Å². The first-order valence-corrected chi connectivity index (χ1v) is 4.05. The summed E-state index contributed by atoms with van der Waals surface area (Å²) in [5, 5.41) is 8.87. The maximum Gasteiger partial charge on any atom is 0.264 e. The van der Waals surface area contributed by atoms with Crippen molar-refractivity contribution in [1.82, 2.24) is 0 Å². The van der Waals surface area contributed by atoms with Crippen LogP contribution in [0.4, 0.5) is 8.78 Å². The van der Waals surface area contributed by atoms with Gasteiger partial charge in [0.25, 0.3) is 6.43 Å². The van der Waals surface area contributed by atoms with E-state index in [1.54, 1.807) is 6.92 Å². The molecule has 0 bridgehead atoms. The van der Waals surface area contributed by atoms with Gasteiger partial charge in [-0.25, -0.2) is 8.78 Å². The quantitative estimate of drug-likeness (QED) is 0.665. The normalized spacial score (nSPS) is 16.9. The molecule has 0 spiro atoms. The number of aliphatic hydroxyl groups is 1. The summed E-state index contributed by atoms with van der Waals surface area (Å²) in [6, 6.07) is 0. The number of hydrogen-bond donors (Lipinski definition) is 1. The van der Waals surface area contributed by atoms with Crippen LogP contribution >= 0.6 is 0 Å². The van der Waals surface area contributed by atoms with Gasteiger partial charge >= 0.3 is 0 Å². The zero-order valence-corrected chi connectivity index (χ0v) is 7.06. The molecule has 0 aromatic rings. The molecule has 0 aromatic heterocycles. The van der Waals surface area contributed by atoms with Crippen molar-refractivity contribution >= 4 is 0 Å². The van der Waals surface area contributed by atoms with Crippen LogP contribution in [0.3, 0.4) is 0 Å². The number of hydrogen-bond acceptors (Lipinski definition) is 1. The van der Waals surface area contributed by atoms with Crippen molar-refractivity contribution in [2.75, 3.05) is 0 Å². The number of halogens is 2. The summed E-state index contributed by atoms with van der Waals surface area (Å²) in [4.78, 5) is 0. The maximum absolute atomic E-state index is 11.9. The van der Waals surface area contributed by atoms with Crippen molar-refractivity contribution in [2.45, 2.75) is 45.6 Å². The van der Waals surface area contributed by atoms with Gasteiger partial charge in [0, 0.05) is 0 Å². The third kappa shape index (κ3) is 4.30. The molecule has 1 N–H and O–H groups in total. The molecule has 0 saturated heterocycles. The molecule has 0 aliphatic heterocycles. The van der Waals surface area contributed by atoms with E-state index in [1.807, 2.05) is 6.92 Å². The highest BCUT2D eigenvalue weighted by molar-refractivity contribution is 4.66. The molecule has 1 unspecified atom stereocenters. The minimum atomic E-state index is -2.60. The van der Waals surface area contributed by atoms with Gasteiger partial charge < -0.3 is 5.11 Å². The van der Waals surface area contributed by atoms with Crippen molar-refractivity contribution in [1.29, 1.82) is 0 Å². The first-order chi connectivity index (χ1) is 5.09. The summed E-state index contributed by atoms with van der Waals surface area (Å²) < 4.78 is 23.7. The third-order valence-electron chi connectivity index (χ3n) is 1.85. The Balaban J connectivity index is 3.55. The molecule has 0 amide bonds. The lowest BCUT2D eigenvalue weighted by Gasteiger charge is -2.16. The summed E-state index contributed by atoms with van der Waals surface area (Å²) >= 11 is 0. The first kappa shape index (κ1) is 10.8. The van der Waals surface area contributed by atoms with Gasteiger partial charge in [-0.3, -0.25) is 0 Å². The largest absolute Gasteiger partial charge is 0.387 e. The minimum absolute atomic E-state index is 0.282. The number of aliphatic hydroxyl groups excluding tert-OH is 1. The smallest absolute Gasteiger partial charge is 0.264 e. The monoisotopic (exact) mass is 166 g/mol. The molecule has 68 valence electrons. The van der Waals surface area contributed by atoms with Crippen LogP contribution in [0.5, 0.6) is 0 Å². The summed E-state index contributed by atoms with van der Waals surface area (Å²) in [6.45, 7) is 3.66. The molecule has 0 radical (unpaired) electrons. The Kier molecular flexibility index (Phi) is 5.38. The second-order valence-electron chi connectivity index (χ2n) is 2.94. The van der Waals surface area contributed by atoms with Crippen molar-refractivity contribution in [3.63, 3.8) is 0 Å². The number of unbranched alkanes of at least 4 members (excludes halogenated alkanes) is 1. The van der Waals surface area contributed by atoms with Crippen LogP contribution in [0.25, 0.3) is 0 Å². The predicted molar refractivity (Wildman–Crippen MR) is 40.7 cm³/mol. The lowest BCUT2D eigenvalue weighted by molar-refractivity contribution is -0.0365. The van der Waals surface area contributed by atoms with Gasteiger partial charge in [0.15, 0.2) is 0 Å². The summed E-state index contributed by atoms with van der Waals surface area (Å²) in [5.41, 5.74) is 0. The molecule has 0 rings (SSSR count). The number of rotatable bonds is 5. The second kappa shape index (κ2) is 5.47. The van der Waals surface area contributed by atoms with Crippen molar-refractivity contribution in [3.8, 4) is 0 Å². The van der Waals surface area contributed by atoms with E-state index in [4.69, 9.17) is 5.11 Å². The van der Waals surface area contributed by atoms with Crippen molar-refractivity contribution in [3.05, 3.63) is 0 Å². The summed E-state index contributed by atoms with van der Waals surface area (Å²) in [5.74, 6) is -0.282. The van der Waals surface area contributed by atoms with Crippen LogP contribution in [0.1, 0.15) is 33.1 Å². The van der Waals surface area contributed by atoms with Crippen molar-refractivity contribution < 1.29 is 13.9 Å². The van der Waals surface area contributed by atoms with Crippen LogP contribution < -0.4 is 0 Å². The Bertz CT molecular complexity index is 96.1. The standard InChI is InChI=1S/C8H16F2O/c1-3-4-5-6(2)7(11)8(9)10/h6-8,11H,3-5H2,1-2H3/t6?,7-/m1/s1. The Morgan fingerprint density at radius 1 is 1.36 bits per heavy atom. The van der Waals surface area contributed by atoms with Gasteiger partial charge in [0.05, 0.1) is 0 Å². The highest BCUT2D eigenvalue weighted by atomic mass is 19.3. The molecule has 0 heterocycles. The van der Waals surface area contributed by atoms with E-state index in [2.05, 4.69) is 0 Å². The van der Waals surface area contributed by atoms with Gasteiger partial charge in [0.1, 0.15) is 6.10 Å². The molecule has 11 heavy (non-hydrogen) atoms. The fourth-order valence-corrected chi connectivity index (χ4v) is 0.945. The molecule has 0 saturated carbocycles. The predicted octanol–water partition coefficient (Wildman–Crippen LogP) is 2.44. The first-order valence-electron chi connectivity index (χ1n) is 4.05. The highest BCUT2D eigenvalue weighted by Crippen LogP contribution is 2.17. The van der Waals surface area contributed by atoms with E-state index in [0.717, 1.165) is 12.8 Å². The second-order valence-corrected chi connectivity index (χ2v) is 2.94. The molecule has 0 fully saturated rings. The average molecular weight is 166 g/mol. The van der Waals surface area contributed by atoms with E-state index in [1.165, 1.54) is 0 Å². The molecular weight excluding hydrogens is 150 g/mol. The third-order valence-corrected chi connectivity index (χ3v) is 1.85. The SMILES string of the molecule is CCCCC(C)[C@@H](O)C(F)F. The van der Waals surface area contributed by atoms with Crippen LogP contribution in [0.2, 0.25) is 0 Å². The fraction of sp³-hybridized carbons (Fsp3) is 1.00. The van der Waals surface area contributed by atoms with Gasteiger partial charge in [-0.2, -0.15) is 0 Å². The number of alkyl halides is 2. The molecular formula is C8H16F2O. The molecule has 0 aliphatic rings. The van der Waals surface area contributed by atoms with Gasteiger partial charge in [-0.15, -0.1) is 0 Å². The lowest BCUT2D eigenvalue weighted by Crippen LogP contribution is -2.25. The van der Waals surface area contributed by atoms with E-state index in [0.29, 0.717) is 6.42 Å². The van der Waals surface area contributed by atoms with Crippen LogP contribution in [-0.2, 0) is 0 Å². The summed E-state index contributed by atoms with van der Waals surface area (Å²) in [7, 11) is 0. The summed E-state index contributed by atoms with van der Waals surface area (Å²) in [6.07, 6.45) is -1.46. The minimum Gasteiger partial charge on any atom is -0.387 e. The molecule has 1 nitrogen and oxygen atoms in total. The van der Waals surface area contributed by atoms with Gasteiger partial charge in [-0.05, 0) is 12.3 Å². The molecule has 2 atom stereocenters. The highest BCUT2D eigenvalue weighted by Gasteiger charge is 2.22. The zero-order chi connectivity index (χ0) is 8.85. The Morgan fingerprint density at radius 3 is 2.27 bits per heavy atom.